The van der Waals surface area contributed by atoms with Crippen molar-refractivity contribution >= 4 is 6.09 Å². The predicted octanol–water partition coefficient (Wildman–Crippen LogP) is 4.86. The Labute approximate surface area is 166 Å². The molecule has 2 atom stereocenters. The van der Waals surface area contributed by atoms with E-state index in [1.165, 1.54) is 28.7 Å². The Morgan fingerprint density at radius 1 is 1.00 bits per heavy atom. The van der Waals surface area contributed by atoms with Crippen molar-refractivity contribution in [3.8, 4) is 11.1 Å². The van der Waals surface area contributed by atoms with Gasteiger partial charge in [0.05, 0.1) is 6.10 Å². The number of hydrogen-bond donors (Lipinski definition) is 2. The summed E-state index contributed by atoms with van der Waals surface area (Å²) in [5.74, 6) is 0.480. The fourth-order valence-corrected chi connectivity index (χ4v) is 4.73. The van der Waals surface area contributed by atoms with Gasteiger partial charge in [0.25, 0.3) is 0 Å². The lowest BCUT2D eigenvalue weighted by molar-refractivity contribution is 0.0642. The van der Waals surface area contributed by atoms with Gasteiger partial charge in [-0.3, -0.25) is 0 Å². The number of amides is 1. The third-order valence-electron chi connectivity index (χ3n) is 6.23. The highest BCUT2D eigenvalue weighted by Crippen LogP contribution is 2.44. The summed E-state index contributed by atoms with van der Waals surface area (Å²) in [6, 6.07) is 16.7. The molecule has 0 heterocycles. The lowest BCUT2D eigenvalue weighted by atomic mass is 9.83. The van der Waals surface area contributed by atoms with Crippen LogP contribution in [-0.2, 0) is 4.74 Å². The average Bonchev–Trinajstić information content (AvgIpc) is 3.05. The summed E-state index contributed by atoms with van der Waals surface area (Å²) in [6.07, 6.45) is 5.69. The Morgan fingerprint density at radius 3 is 2.32 bits per heavy atom. The molecule has 2 N–H and O–H groups in total. The van der Waals surface area contributed by atoms with E-state index in [1.54, 1.807) is 0 Å². The summed E-state index contributed by atoms with van der Waals surface area (Å²) in [7, 11) is 0. The van der Waals surface area contributed by atoms with Gasteiger partial charge in [0.1, 0.15) is 6.61 Å². The standard InChI is InChI=1S/C24H29NO3/c26-23-14-6-1-8-17(23)9-7-15-25-24(27)28-16-22-20-12-4-2-10-18(20)19-11-3-5-13-21(19)22/h2-5,10-13,17,22-23,26H,1,6-9,14-16H2,(H,25,27). The summed E-state index contributed by atoms with van der Waals surface area (Å²) < 4.78 is 5.55. The van der Waals surface area contributed by atoms with Crippen LogP contribution in [0.2, 0.25) is 0 Å². The van der Waals surface area contributed by atoms with Gasteiger partial charge in [0, 0.05) is 12.5 Å². The predicted molar refractivity (Wildman–Crippen MR) is 110 cm³/mol. The minimum Gasteiger partial charge on any atom is -0.449 e. The first-order chi connectivity index (χ1) is 13.7. The van der Waals surface area contributed by atoms with E-state index in [0.717, 1.165) is 32.1 Å². The molecule has 4 heteroatoms. The SMILES string of the molecule is O=C(NCCCC1CCCCC1O)OCC1c2ccccc2-c2ccccc21. The van der Waals surface area contributed by atoms with Crippen molar-refractivity contribution in [3.63, 3.8) is 0 Å². The summed E-state index contributed by atoms with van der Waals surface area (Å²) in [6.45, 7) is 0.946. The van der Waals surface area contributed by atoms with Crippen molar-refractivity contribution < 1.29 is 14.6 Å². The van der Waals surface area contributed by atoms with E-state index >= 15 is 0 Å². The number of aliphatic hydroxyl groups excluding tert-OH is 1. The van der Waals surface area contributed by atoms with Crippen LogP contribution in [-0.4, -0.2) is 30.5 Å². The largest absolute Gasteiger partial charge is 0.449 e. The monoisotopic (exact) mass is 379 g/mol. The van der Waals surface area contributed by atoms with E-state index in [4.69, 9.17) is 4.74 Å². The molecule has 2 unspecified atom stereocenters. The number of fused-ring (bicyclic) bond motifs is 3. The van der Waals surface area contributed by atoms with Crippen molar-refractivity contribution in [1.29, 1.82) is 0 Å². The Morgan fingerprint density at radius 2 is 1.64 bits per heavy atom. The molecule has 0 saturated heterocycles. The fraction of sp³-hybridized carbons (Fsp3) is 0.458. The van der Waals surface area contributed by atoms with Crippen LogP contribution in [0, 0.1) is 5.92 Å². The molecule has 2 aromatic rings. The Hall–Kier alpha value is -2.33. The van der Waals surface area contributed by atoms with Gasteiger partial charge in [-0.15, -0.1) is 0 Å². The lowest BCUT2D eigenvalue weighted by Gasteiger charge is -2.27. The molecule has 1 fully saturated rings. The van der Waals surface area contributed by atoms with E-state index in [0.29, 0.717) is 19.1 Å². The normalized spacial score (nSPS) is 21.0. The zero-order valence-electron chi connectivity index (χ0n) is 16.3. The second-order valence-corrected chi connectivity index (χ2v) is 8.01. The van der Waals surface area contributed by atoms with Crippen LogP contribution in [0.3, 0.4) is 0 Å². The topological polar surface area (TPSA) is 58.6 Å². The smallest absolute Gasteiger partial charge is 0.407 e. The zero-order valence-corrected chi connectivity index (χ0v) is 16.3. The molecule has 4 rings (SSSR count). The highest BCUT2D eigenvalue weighted by atomic mass is 16.5. The maximum atomic E-state index is 12.2. The molecule has 2 aromatic carbocycles. The second kappa shape index (κ2) is 8.78. The van der Waals surface area contributed by atoms with Gasteiger partial charge in [-0.2, -0.15) is 0 Å². The highest BCUT2D eigenvalue weighted by molar-refractivity contribution is 5.79. The van der Waals surface area contributed by atoms with Gasteiger partial charge < -0.3 is 15.2 Å². The van der Waals surface area contributed by atoms with Crippen LogP contribution in [0.4, 0.5) is 4.79 Å². The first-order valence-electron chi connectivity index (χ1n) is 10.5. The van der Waals surface area contributed by atoms with Crippen molar-refractivity contribution in [2.75, 3.05) is 13.2 Å². The van der Waals surface area contributed by atoms with Crippen molar-refractivity contribution in [2.45, 2.75) is 50.5 Å². The Bertz CT molecular complexity index is 774. The van der Waals surface area contributed by atoms with Crippen LogP contribution in [0.15, 0.2) is 48.5 Å². The van der Waals surface area contributed by atoms with E-state index in [2.05, 4.69) is 41.7 Å². The van der Waals surface area contributed by atoms with Crippen LogP contribution in [0.5, 0.6) is 0 Å². The number of alkyl carbamates (subject to hydrolysis) is 1. The Kier molecular flexibility index (Phi) is 5.96. The molecule has 1 saturated carbocycles. The van der Waals surface area contributed by atoms with E-state index in [-0.39, 0.29) is 18.1 Å². The third-order valence-corrected chi connectivity index (χ3v) is 6.23. The Balaban J connectivity index is 1.26. The summed E-state index contributed by atoms with van der Waals surface area (Å²) in [5.41, 5.74) is 4.92. The van der Waals surface area contributed by atoms with Crippen molar-refractivity contribution in [2.24, 2.45) is 5.92 Å². The van der Waals surface area contributed by atoms with Gasteiger partial charge in [0.15, 0.2) is 0 Å². The maximum Gasteiger partial charge on any atom is 0.407 e. The molecule has 0 radical (unpaired) electrons. The van der Waals surface area contributed by atoms with Gasteiger partial charge in [-0.25, -0.2) is 4.79 Å². The number of aliphatic hydroxyl groups is 1. The molecule has 0 aliphatic heterocycles. The number of nitrogens with one attached hydrogen (secondary N) is 1. The molecule has 2 aliphatic rings. The number of carbonyl (C=O) groups is 1. The third kappa shape index (κ3) is 4.07. The molecule has 28 heavy (non-hydrogen) atoms. The first kappa shape index (κ1) is 19.0. The average molecular weight is 380 g/mol. The molecule has 0 spiro atoms. The minimum atomic E-state index is -0.356. The fourth-order valence-electron chi connectivity index (χ4n) is 4.73. The molecule has 0 bridgehead atoms. The summed E-state index contributed by atoms with van der Waals surface area (Å²) in [4.78, 5) is 12.2. The molecular weight excluding hydrogens is 350 g/mol. The number of benzene rings is 2. The van der Waals surface area contributed by atoms with Crippen LogP contribution in [0.25, 0.3) is 11.1 Å². The van der Waals surface area contributed by atoms with Crippen molar-refractivity contribution in [3.05, 3.63) is 59.7 Å². The summed E-state index contributed by atoms with van der Waals surface area (Å²) in [5, 5.41) is 12.9. The second-order valence-electron chi connectivity index (χ2n) is 8.01. The molecule has 4 nitrogen and oxygen atoms in total. The van der Waals surface area contributed by atoms with E-state index in [9.17, 15) is 9.90 Å². The lowest BCUT2D eigenvalue weighted by Crippen LogP contribution is -2.29. The molecule has 2 aliphatic carbocycles. The van der Waals surface area contributed by atoms with Gasteiger partial charge in [-0.1, -0.05) is 61.4 Å². The minimum absolute atomic E-state index is 0.0931. The molecular formula is C24H29NO3. The maximum absolute atomic E-state index is 12.2. The number of hydrogen-bond acceptors (Lipinski definition) is 3. The summed E-state index contributed by atoms with van der Waals surface area (Å²) >= 11 is 0. The highest BCUT2D eigenvalue weighted by Gasteiger charge is 2.29. The van der Waals surface area contributed by atoms with Gasteiger partial charge >= 0.3 is 6.09 Å². The van der Waals surface area contributed by atoms with Crippen molar-refractivity contribution in [1.82, 2.24) is 5.32 Å². The number of carbonyl (C=O) groups excluding carboxylic acids is 1. The van der Waals surface area contributed by atoms with E-state index < -0.39 is 0 Å². The quantitative estimate of drug-likeness (QED) is 0.705. The van der Waals surface area contributed by atoms with Crippen LogP contribution < -0.4 is 5.32 Å². The molecule has 1 amide bonds. The van der Waals surface area contributed by atoms with E-state index in [1.807, 2.05) is 12.1 Å². The zero-order chi connectivity index (χ0) is 19.3. The number of rotatable bonds is 6. The van der Waals surface area contributed by atoms with Crippen LogP contribution in [0.1, 0.15) is 55.6 Å². The van der Waals surface area contributed by atoms with Gasteiger partial charge in [-0.05, 0) is 53.9 Å². The number of ether oxygens (including phenoxy) is 1. The first-order valence-corrected chi connectivity index (χ1v) is 10.5. The van der Waals surface area contributed by atoms with Gasteiger partial charge in [0.2, 0.25) is 0 Å². The molecule has 0 aromatic heterocycles. The molecule has 148 valence electrons. The van der Waals surface area contributed by atoms with Crippen LogP contribution >= 0.6 is 0 Å².